The van der Waals surface area contributed by atoms with Crippen molar-refractivity contribution in [2.45, 2.75) is 44.3 Å². The quantitative estimate of drug-likeness (QED) is 0.861. The van der Waals surface area contributed by atoms with E-state index >= 15 is 0 Å². The molecule has 1 aliphatic carbocycles. The molecular weight excluding hydrogens is 320 g/mol. The van der Waals surface area contributed by atoms with Crippen LogP contribution < -0.4 is 4.72 Å². The topological polar surface area (TPSA) is 51.2 Å². The number of benzene rings is 1. The Kier molecular flexibility index (Phi) is 5.99. The summed E-state index contributed by atoms with van der Waals surface area (Å²) in [5.41, 5.74) is 3.05. The van der Waals surface area contributed by atoms with E-state index in [9.17, 15) is 4.21 Å². The molecule has 2 aromatic rings. The summed E-state index contributed by atoms with van der Waals surface area (Å²) in [6.45, 7) is 0.459. The van der Waals surface area contributed by atoms with Gasteiger partial charge in [0.15, 0.2) is 0 Å². The molecule has 1 aliphatic rings. The lowest BCUT2D eigenvalue weighted by molar-refractivity contribution is 0.0121. The summed E-state index contributed by atoms with van der Waals surface area (Å²) in [5, 5.41) is 0. The van der Waals surface area contributed by atoms with Gasteiger partial charge in [-0.25, -0.2) is 4.21 Å². The van der Waals surface area contributed by atoms with Crippen molar-refractivity contribution in [1.29, 1.82) is 0 Å². The molecule has 3 rings (SSSR count). The molecule has 5 heteroatoms. The molecule has 1 N–H and O–H groups in total. The third-order valence-electron chi connectivity index (χ3n) is 4.54. The number of anilines is 1. The Labute approximate surface area is 146 Å². The number of aromatic nitrogens is 1. The fraction of sp³-hybridized carbons (Fsp3) is 0.421. The van der Waals surface area contributed by atoms with Crippen LogP contribution >= 0.6 is 0 Å². The van der Waals surface area contributed by atoms with Crippen LogP contribution in [0.3, 0.4) is 0 Å². The highest BCUT2D eigenvalue weighted by atomic mass is 32.2. The summed E-state index contributed by atoms with van der Waals surface area (Å²) in [6, 6.07) is 14.5. The van der Waals surface area contributed by atoms with E-state index in [2.05, 4.69) is 40.0 Å². The second kappa shape index (κ2) is 8.40. The van der Waals surface area contributed by atoms with Gasteiger partial charge in [0.2, 0.25) is 0 Å². The van der Waals surface area contributed by atoms with Gasteiger partial charge in [-0.05, 0) is 49.3 Å². The first-order chi connectivity index (χ1) is 11.7. The Morgan fingerprint density at radius 1 is 1.12 bits per heavy atom. The Morgan fingerprint density at radius 3 is 2.58 bits per heavy atom. The lowest BCUT2D eigenvalue weighted by Gasteiger charge is -2.29. The van der Waals surface area contributed by atoms with E-state index in [1.54, 1.807) is 12.5 Å². The molecule has 1 aromatic heterocycles. The maximum atomic E-state index is 11.4. The zero-order valence-corrected chi connectivity index (χ0v) is 14.8. The first kappa shape index (κ1) is 17.1. The number of hydrogen-bond acceptors (Lipinski definition) is 3. The predicted octanol–water partition coefficient (Wildman–Crippen LogP) is 4.03. The molecule has 0 aliphatic heterocycles. The van der Waals surface area contributed by atoms with Gasteiger partial charge >= 0.3 is 0 Å². The molecule has 1 unspecified atom stereocenters. The minimum absolute atomic E-state index is 0.284. The van der Waals surface area contributed by atoms with E-state index in [1.165, 1.54) is 18.4 Å². The largest absolute Gasteiger partial charge is 0.372 e. The summed E-state index contributed by atoms with van der Waals surface area (Å²) in [6.07, 6.45) is 8.13. The SMILES string of the molecule is CS(=O)Nc1cccnc1COC1CCC(c2ccccc2)CC1. The van der Waals surface area contributed by atoms with Crippen LogP contribution in [0.4, 0.5) is 5.69 Å². The van der Waals surface area contributed by atoms with Crippen molar-refractivity contribution in [3.8, 4) is 0 Å². The summed E-state index contributed by atoms with van der Waals surface area (Å²) < 4.78 is 20.4. The average molecular weight is 344 g/mol. The van der Waals surface area contributed by atoms with Gasteiger partial charge in [-0.1, -0.05) is 30.3 Å². The van der Waals surface area contributed by atoms with Crippen LogP contribution in [0.5, 0.6) is 0 Å². The number of rotatable bonds is 6. The molecule has 0 bridgehead atoms. The van der Waals surface area contributed by atoms with Crippen molar-refractivity contribution in [2.75, 3.05) is 11.0 Å². The zero-order valence-electron chi connectivity index (χ0n) is 14.0. The maximum absolute atomic E-state index is 11.4. The minimum atomic E-state index is -1.11. The van der Waals surface area contributed by atoms with Gasteiger partial charge in [0, 0.05) is 12.5 Å². The Hall–Kier alpha value is -1.72. The van der Waals surface area contributed by atoms with Gasteiger partial charge < -0.3 is 9.46 Å². The number of nitrogens with zero attached hydrogens (tertiary/aromatic N) is 1. The van der Waals surface area contributed by atoms with Crippen molar-refractivity contribution >= 4 is 16.7 Å². The van der Waals surface area contributed by atoms with E-state index < -0.39 is 11.0 Å². The monoisotopic (exact) mass is 344 g/mol. The number of ether oxygens (including phenoxy) is 1. The standard InChI is InChI=1S/C19H24N2O2S/c1-24(22)21-18-8-5-13-20-19(18)14-23-17-11-9-16(10-12-17)15-6-3-2-4-7-15/h2-8,13,16-17,21H,9-12,14H2,1H3. The van der Waals surface area contributed by atoms with Crippen LogP contribution in [0.25, 0.3) is 0 Å². The summed E-state index contributed by atoms with van der Waals surface area (Å²) >= 11 is 0. The van der Waals surface area contributed by atoms with Gasteiger partial charge in [-0.15, -0.1) is 0 Å². The normalized spacial score (nSPS) is 22.0. The molecule has 24 heavy (non-hydrogen) atoms. The Morgan fingerprint density at radius 2 is 1.88 bits per heavy atom. The third kappa shape index (κ3) is 4.65. The van der Waals surface area contributed by atoms with Crippen LogP contribution in [0.1, 0.15) is 42.9 Å². The van der Waals surface area contributed by atoms with Gasteiger partial charge in [-0.2, -0.15) is 0 Å². The minimum Gasteiger partial charge on any atom is -0.372 e. The van der Waals surface area contributed by atoms with Gasteiger partial charge in [0.05, 0.1) is 24.1 Å². The Bertz CT molecular complexity index is 670. The van der Waals surface area contributed by atoms with E-state index in [0.29, 0.717) is 12.5 Å². The molecule has 1 atom stereocenters. The molecule has 0 radical (unpaired) electrons. The zero-order chi connectivity index (χ0) is 16.8. The summed E-state index contributed by atoms with van der Waals surface area (Å²) in [5.74, 6) is 0.653. The molecule has 0 amide bonds. The number of nitrogens with one attached hydrogen (secondary N) is 1. The Balaban J connectivity index is 1.51. The summed E-state index contributed by atoms with van der Waals surface area (Å²) in [7, 11) is -1.11. The molecule has 1 fully saturated rings. The lowest BCUT2D eigenvalue weighted by Crippen LogP contribution is -2.21. The van der Waals surface area contributed by atoms with Gasteiger partial charge in [0.25, 0.3) is 0 Å². The van der Waals surface area contributed by atoms with Crippen LogP contribution in [0.2, 0.25) is 0 Å². The predicted molar refractivity (Wildman–Crippen MR) is 98.2 cm³/mol. The third-order valence-corrected chi connectivity index (χ3v) is 5.05. The molecule has 1 saturated carbocycles. The second-order valence-electron chi connectivity index (χ2n) is 6.25. The second-order valence-corrected chi connectivity index (χ2v) is 7.36. The highest BCUT2D eigenvalue weighted by Gasteiger charge is 2.23. The van der Waals surface area contributed by atoms with Crippen molar-refractivity contribution < 1.29 is 8.95 Å². The van der Waals surface area contributed by atoms with E-state index in [1.807, 2.05) is 12.1 Å². The highest BCUT2D eigenvalue weighted by Crippen LogP contribution is 2.34. The van der Waals surface area contributed by atoms with Crippen LogP contribution in [0, 0.1) is 0 Å². The maximum Gasteiger partial charge on any atom is 0.114 e. The molecule has 0 spiro atoms. The summed E-state index contributed by atoms with van der Waals surface area (Å²) in [4.78, 5) is 4.36. The number of pyridine rings is 1. The molecule has 0 saturated heterocycles. The first-order valence-electron chi connectivity index (χ1n) is 8.43. The lowest BCUT2D eigenvalue weighted by atomic mass is 9.83. The first-order valence-corrected chi connectivity index (χ1v) is 9.98. The van der Waals surface area contributed by atoms with Gasteiger partial charge in [-0.3, -0.25) is 4.98 Å². The van der Waals surface area contributed by atoms with Crippen LogP contribution in [-0.2, 0) is 22.3 Å². The molecule has 1 heterocycles. The fourth-order valence-electron chi connectivity index (χ4n) is 3.29. The molecule has 1 aromatic carbocycles. The molecule has 4 nitrogen and oxygen atoms in total. The van der Waals surface area contributed by atoms with Crippen molar-refractivity contribution in [3.05, 3.63) is 59.9 Å². The molecule has 128 valence electrons. The average Bonchev–Trinajstić information content (AvgIpc) is 2.62. The number of hydrogen-bond donors (Lipinski definition) is 1. The van der Waals surface area contributed by atoms with Crippen LogP contribution in [0.15, 0.2) is 48.7 Å². The van der Waals surface area contributed by atoms with Crippen LogP contribution in [-0.4, -0.2) is 21.6 Å². The smallest absolute Gasteiger partial charge is 0.114 e. The van der Waals surface area contributed by atoms with Crippen molar-refractivity contribution in [3.63, 3.8) is 0 Å². The molecular formula is C19H24N2O2S. The van der Waals surface area contributed by atoms with Gasteiger partial charge in [0.1, 0.15) is 11.0 Å². The van der Waals surface area contributed by atoms with E-state index in [4.69, 9.17) is 4.74 Å². The van der Waals surface area contributed by atoms with Crippen molar-refractivity contribution in [1.82, 2.24) is 4.98 Å². The van der Waals surface area contributed by atoms with E-state index in [0.717, 1.165) is 24.2 Å². The fourth-order valence-corrected chi connectivity index (χ4v) is 3.78. The van der Waals surface area contributed by atoms with Crippen molar-refractivity contribution in [2.24, 2.45) is 0 Å². The van der Waals surface area contributed by atoms with E-state index in [-0.39, 0.29) is 6.10 Å². The highest BCUT2D eigenvalue weighted by molar-refractivity contribution is 7.85.